The number of piperidine rings is 2. The van der Waals surface area contributed by atoms with Gasteiger partial charge in [0.15, 0.2) is 5.75 Å². The van der Waals surface area contributed by atoms with Gasteiger partial charge in [0.25, 0.3) is 0 Å². The number of methoxy groups -OCH3 is 2. The fourth-order valence-electron chi connectivity index (χ4n) is 5.52. The maximum atomic E-state index is 6.45. The molecule has 0 aliphatic carbocycles. The van der Waals surface area contributed by atoms with Crippen LogP contribution in [0.3, 0.4) is 0 Å². The molecule has 0 saturated carbocycles. The van der Waals surface area contributed by atoms with Gasteiger partial charge >= 0.3 is 0 Å². The molecular weight excluding hydrogens is 537 g/mol. The van der Waals surface area contributed by atoms with E-state index < -0.39 is 0 Å². The third-order valence-electron chi connectivity index (χ3n) is 7.94. The Kier molecular flexibility index (Phi) is 8.54. The Hall–Kier alpha value is -2.94. The molecule has 0 atom stereocenters. The summed E-state index contributed by atoms with van der Waals surface area (Å²) >= 11 is 12.9. The summed E-state index contributed by atoms with van der Waals surface area (Å²) in [5.74, 6) is 2.35. The van der Waals surface area contributed by atoms with Gasteiger partial charge in [-0.25, -0.2) is 9.97 Å². The molecule has 2 fully saturated rings. The molecule has 3 aromatic rings. The molecule has 39 heavy (non-hydrogen) atoms. The normalized spacial score (nSPS) is 16.7. The predicted octanol–water partition coefficient (Wildman–Crippen LogP) is 6.40. The second-order valence-corrected chi connectivity index (χ2v) is 11.0. The summed E-state index contributed by atoms with van der Waals surface area (Å²) in [6.45, 7) is 6.46. The molecule has 2 N–H and O–H groups in total. The second kappa shape index (κ2) is 12.1. The average Bonchev–Trinajstić information content (AvgIpc) is 2.96. The van der Waals surface area contributed by atoms with Crippen LogP contribution in [0.15, 0.2) is 36.7 Å². The minimum atomic E-state index is 0.166. The maximum absolute atomic E-state index is 6.45. The van der Waals surface area contributed by atoms with Crippen molar-refractivity contribution in [2.75, 3.05) is 50.6 Å². The molecule has 0 amide bonds. The summed E-state index contributed by atoms with van der Waals surface area (Å²) in [5.41, 5.74) is 4.00. The molecule has 5 rings (SSSR count). The van der Waals surface area contributed by atoms with E-state index in [4.69, 9.17) is 37.4 Å². The van der Waals surface area contributed by atoms with Crippen molar-refractivity contribution in [2.45, 2.75) is 39.2 Å². The molecule has 1 spiro atoms. The number of nitrogens with zero attached hydrogens (tertiary/aromatic N) is 3. The number of ether oxygens (including phenoxy) is 3. The van der Waals surface area contributed by atoms with Crippen LogP contribution < -0.4 is 29.7 Å². The van der Waals surface area contributed by atoms with Gasteiger partial charge in [-0.15, -0.1) is 0 Å². The Labute approximate surface area is 240 Å². The Balaban J connectivity index is 1.21. The smallest absolute Gasteiger partial charge is 0.227 e. The van der Waals surface area contributed by atoms with E-state index in [-0.39, 0.29) is 6.61 Å². The average molecular weight is 573 g/mol. The summed E-state index contributed by atoms with van der Waals surface area (Å²) in [7, 11) is 3.28. The quantitative estimate of drug-likeness (QED) is 0.321. The van der Waals surface area contributed by atoms with Crippen molar-refractivity contribution in [3.8, 4) is 17.2 Å². The fourth-order valence-corrected chi connectivity index (χ4v) is 6.05. The van der Waals surface area contributed by atoms with Gasteiger partial charge in [-0.1, -0.05) is 23.2 Å². The topological polar surface area (TPSA) is 80.8 Å². The van der Waals surface area contributed by atoms with Crippen LogP contribution in [0.4, 0.5) is 17.3 Å². The molecule has 0 bridgehead atoms. The lowest BCUT2D eigenvalue weighted by molar-refractivity contribution is 0.154. The minimum Gasteiger partial charge on any atom is -0.495 e. The summed E-state index contributed by atoms with van der Waals surface area (Å²) in [5, 5.41) is 7.73. The SMILES string of the molecule is COc1cc(Nc2ncc(OCc3c(Cl)c(C)cc(OC)c3Cl)cn2)ccc1N1CCC2(CCNCC2)CC1. The first-order chi connectivity index (χ1) is 18.9. The first kappa shape index (κ1) is 27.6. The van der Waals surface area contributed by atoms with Crippen molar-refractivity contribution in [1.29, 1.82) is 0 Å². The Morgan fingerprint density at radius 2 is 1.64 bits per heavy atom. The van der Waals surface area contributed by atoms with Gasteiger partial charge in [0.1, 0.15) is 18.1 Å². The van der Waals surface area contributed by atoms with Crippen molar-refractivity contribution < 1.29 is 14.2 Å². The third kappa shape index (κ3) is 6.13. The van der Waals surface area contributed by atoms with E-state index in [0.29, 0.717) is 38.5 Å². The van der Waals surface area contributed by atoms with Crippen molar-refractivity contribution in [2.24, 2.45) is 5.41 Å². The molecule has 0 unspecified atom stereocenters. The molecule has 2 aliphatic heterocycles. The predicted molar refractivity (Wildman–Crippen MR) is 156 cm³/mol. The third-order valence-corrected chi connectivity index (χ3v) is 8.88. The number of benzene rings is 2. The van der Waals surface area contributed by atoms with Gasteiger partial charge < -0.3 is 29.7 Å². The van der Waals surface area contributed by atoms with E-state index in [2.05, 4.69) is 31.6 Å². The number of hydrogen-bond acceptors (Lipinski definition) is 8. The largest absolute Gasteiger partial charge is 0.495 e. The molecule has 2 aliphatic rings. The fraction of sp³-hybridized carbons (Fsp3) is 0.448. The number of hydrogen-bond donors (Lipinski definition) is 2. The van der Waals surface area contributed by atoms with Crippen molar-refractivity contribution in [3.05, 3.63) is 57.8 Å². The molecule has 3 heterocycles. The lowest BCUT2D eigenvalue weighted by atomic mass is 9.71. The number of aryl methyl sites for hydroxylation is 1. The zero-order chi connectivity index (χ0) is 27.4. The lowest BCUT2D eigenvalue weighted by Gasteiger charge is -2.45. The highest BCUT2D eigenvalue weighted by Crippen LogP contribution is 2.42. The first-order valence-corrected chi connectivity index (χ1v) is 14.0. The van der Waals surface area contributed by atoms with Crippen molar-refractivity contribution >= 4 is 40.5 Å². The summed E-state index contributed by atoms with van der Waals surface area (Å²) in [4.78, 5) is 11.3. The van der Waals surface area contributed by atoms with Gasteiger partial charge in [0.05, 0.1) is 42.3 Å². The van der Waals surface area contributed by atoms with E-state index in [9.17, 15) is 0 Å². The molecule has 2 saturated heterocycles. The van der Waals surface area contributed by atoms with Gasteiger partial charge in [0.2, 0.25) is 5.95 Å². The van der Waals surface area contributed by atoms with Crippen LogP contribution in [-0.2, 0) is 6.61 Å². The Bertz CT molecular complexity index is 1290. The van der Waals surface area contributed by atoms with E-state index in [1.807, 2.05) is 19.1 Å². The number of halogens is 2. The van der Waals surface area contributed by atoms with E-state index in [0.717, 1.165) is 48.9 Å². The first-order valence-electron chi connectivity index (χ1n) is 13.3. The Morgan fingerprint density at radius 1 is 0.949 bits per heavy atom. The maximum Gasteiger partial charge on any atom is 0.227 e. The van der Waals surface area contributed by atoms with Crippen molar-refractivity contribution in [3.63, 3.8) is 0 Å². The van der Waals surface area contributed by atoms with Crippen molar-refractivity contribution in [1.82, 2.24) is 15.3 Å². The van der Waals surface area contributed by atoms with Crippen LogP contribution in [0.1, 0.15) is 36.8 Å². The molecule has 10 heteroatoms. The molecule has 8 nitrogen and oxygen atoms in total. The van der Waals surface area contributed by atoms with E-state index in [1.165, 1.54) is 25.7 Å². The minimum absolute atomic E-state index is 0.166. The van der Waals surface area contributed by atoms with Gasteiger partial charge in [0, 0.05) is 30.4 Å². The zero-order valence-electron chi connectivity index (χ0n) is 22.7. The highest BCUT2D eigenvalue weighted by molar-refractivity contribution is 6.37. The number of aromatic nitrogens is 2. The van der Waals surface area contributed by atoms with Crippen LogP contribution in [0.2, 0.25) is 10.0 Å². The zero-order valence-corrected chi connectivity index (χ0v) is 24.2. The highest BCUT2D eigenvalue weighted by atomic mass is 35.5. The van der Waals surface area contributed by atoms with Gasteiger partial charge in [-0.3, -0.25) is 0 Å². The lowest BCUT2D eigenvalue weighted by Crippen LogP contribution is -2.45. The summed E-state index contributed by atoms with van der Waals surface area (Å²) in [6, 6.07) is 7.95. The second-order valence-electron chi connectivity index (χ2n) is 10.3. The molecule has 208 valence electrons. The van der Waals surface area contributed by atoms with Crippen LogP contribution in [-0.4, -0.2) is 50.4 Å². The molecular formula is C29H35Cl2N5O3. The molecule has 2 aromatic carbocycles. The molecule has 1 aromatic heterocycles. The van der Waals surface area contributed by atoms with E-state index in [1.54, 1.807) is 32.7 Å². The van der Waals surface area contributed by atoms with Crippen LogP contribution >= 0.6 is 23.2 Å². The van der Waals surface area contributed by atoms with Gasteiger partial charge in [-0.05, 0) is 74.9 Å². The number of nitrogens with one attached hydrogen (secondary N) is 2. The standard InChI is InChI=1S/C29H35Cl2N5O3/c1-19-14-25(38-3)27(31)22(26(19)30)18-39-21-16-33-28(34-17-21)35-20-4-5-23(24(15-20)37-2)36-12-8-29(9-13-36)6-10-32-11-7-29/h4-5,14-17,32H,6-13,18H2,1-3H3,(H,33,34,35). The Morgan fingerprint density at radius 3 is 2.31 bits per heavy atom. The molecule has 0 radical (unpaired) electrons. The van der Waals surface area contributed by atoms with Gasteiger partial charge in [-0.2, -0.15) is 0 Å². The van der Waals surface area contributed by atoms with Crippen LogP contribution in [0.5, 0.6) is 17.2 Å². The summed E-state index contributed by atoms with van der Waals surface area (Å²) in [6.07, 6.45) is 8.26. The number of anilines is 3. The van der Waals surface area contributed by atoms with Crippen LogP contribution in [0.25, 0.3) is 0 Å². The highest BCUT2D eigenvalue weighted by Gasteiger charge is 2.36. The summed E-state index contributed by atoms with van der Waals surface area (Å²) < 4.78 is 17.0. The number of rotatable bonds is 8. The van der Waals surface area contributed by atoms with Crippen LogP contribution in [0, 0.1) is 12.3 Å². The monoisotopic (exact) mass is 571 g/mol. The van der Waals surface area contributed by atoms with E-state index >= 15 is 0 Å².